The highest BCUT2D eigenvalue weighted by atomic mass is 35.5. The number of aromatic nitrogens is 2. The van der Waals surface area contributed by atoms with Gasteiger partial charge in [0.05, 0.1) is 27.5 Å². The van der Waals surface area contributed by atoms with Gasteiger partial charge in [0.2, 0.25) is 0 Å². The number of fused-ring (bicyclic) bond motifs is 1. The molecule has 0 radical (unpaired) electrons. The van der Waals surface area contributed by atoms with Crippen LogP contribution in [0.5, 0.6) is 0 Å². The quantitative estimate of drug-likeness (QED) is 0.466. The van der Waals surface area contributed by atoms with Crippen LogP contribution in [0.2, 0.25) is 10.0 Å². The van der Waals surface area contributed by atoms with Gasteiger partial charge in [0.15, 0.2) is 0 Å². The van der Waals surface area contributed by atoms with Gasteiger partial charge >= 0.3 is 0 Å². The van der Waals surface area contributed by atoms with Crippen molar-refractivity contribution in [3.05, 3.63) is 74.3 Å². The second-order valence-corrected chi connectivity index (χ2v) is 8.03. The predicted molar refractivity (Wildman–Crippen MR) is 122 cm³/mol. The van der Waals surface area contributed by atoms with Crippen LogP contribution in [-0.2, 0) is 6.54 Å². The predicted octanol–water partition coefficient (Wildman–Crippen LogP) is 5.73. The van der Waals surface area contributed by atoms with E-state index in [1.807, 2.05) is 32.0 Å². The minimum absolute atomic E-state index is 0.0997. The second kappa shape index (κ2) is 9.63. The molecule has 0 aliphatic carbocycles. The summed E-state index contributed by atoms with van der Waals surface area (Å²) < 4.78 is 1.64. The van der Waals surface area contributed by atoms with E-state index in [9.17, 15) is 9.59 Å². The van der Waals surface area contributed by atoms with Crippen LogP contribution in [0.4, 0.5) is 0 Å². The number of unbranched alkanes of at least 4 members (excludes halogenated alkanes) is 1. The van der Waals surface area contributed by atoms with Gasteiger partial charge < -0.3 is 4.90 Å². The summed E-state index contributed by atoms with van der Waals surface area (Å²) >= 11 is 12.3. The van der Waals surface area contributed by atoms with E-state index in [0.717, 1.165) is 12.8 Å². The molecule has 0 N–H and O–H groups in total. The molecule has 2 aromatic carbocycles. The summed E-state index contributed by atoms with van der Waals surface area (Å²) in [5.74, 6) is 0.360. The van der Waals surface area contributed by atoms with Crippen LogP contribution >= 0.6 is 23.2 Å². The molecular weight excluding hydrogens is 421 g/mol. The van der Waals surface area contributed by atoms with Crippen LogP contribution < -0.4 is 5.56 Å². The Morgan fingerprint density at radius 3 is 2.57 bits per heavy atom. The Balaban J connectivity index is 2.10. The van der Waals surface area contributed by atoms with E-state index < -0.39 is 6.04 Å². The second-order valence-electron chi connectivity index (χ2n) is 7.19. The number of carbonyl (C=O) groups is 1. The lowest BCUT2D eigenvalue weighted by Crippen LogP contribution is -2.38. The molecule has 30 heavy (non-hydrogen) atoms. The van der Waals surface area contributed by atoms with E-state index in [2.05, 4.69) is 6.92 Å². The highest BCUT2D eigenvalue weighted by Crippen LogP contribution is 2.27. The zero-order valence-electron chi connectivity index (χ0n) is 17.4. The summed E-state index contributed by atoms with van der Waals surface area (Å²) in [7, 11) is 0. The van der Waals surface area contributed by atoms with E-state index in [1.54, 1.807) is 33.7 Å². The van der Waals surface area contributed by atoms with Gasteiger partial charge in [-0.1, -0.05) is 48.7 Å². The Morgan fingerprint density at radius 1 is 1.17 bits per heavy atom. The molecule has 0 bridgehead atoms. The van der Waals surface area contributed by atoms with Crippen molar-refractivity contribution in [2.24, 2.45) is 0 Å². The molecular formula is C23H25Cl2N3O2. The van der Waals surface area contributed by atoms with Gasteiger partial charge in [-0.3, -0.25) is 14.2 Å². The fourth-order valence-electron chi connectivity index (χ4n) is 3.57. The Bertz CT molecular complexity index is 1130. The van der Waals surface area contributed by atoms with Crippen molar-refractivity contribution in [1.82, 2.24) is 14.5 Å². The number of hydrogen-bond acceptors (Lipinski definition) is 3. The van der Waals surface area contributed by atoms with Crippen molar-refractivity contribution in [3.63, 3.8) is 0 Å². The van der Waals surface area contributed by atoms with E-state index in [-0.39, 0.29) is 11.5 Å². The SMILES string of the molecule is CCCCN(C(=O)c1ccc(Cl)cc1Cl)C(C)c1nc2ccccc2c(=O)n1CC. The summed E-state index contributed by atoms with van der Waals surface area (Å²) in [6.45, 7) is 6.87. The van der Waals surface area contributed by atoms with Gasteiger partial charge in [0, 0.05) is 18.1 Å². The molecule has 1 amide bonds. The zero-order chi connectivity index (χ0) is 21.8. The Labute approximate surface area is 186 Å². The topological polar surface area (TPSA) is 55.2 Å². The van der Waals surface area contributed by atoms with E-state index >= 15 is 0 Å². The van der Waals surface area contributed by atoms with Crippen molar-refractivity contribution < 1.29 is 4.79 Å². The maximum atomic E-state index is 13.4. The first-order valence-corrected chi connectivity index (χ1v) is 10.9. The smallest absolute Gasteiger partial charge is 0.261 e. The summed E-state index contributed by atoms with van der Waals surface area (Å²) in [6, 6.07) is 11.7. The van der Waals surface area contributed by atoms with Crippen LogP contribution in [0.25, 0.3) is 10.9 Å². The number of benzene rings is 2. The molecule has 0 spiro atoms. The first kappa shape index (κ1) is 22.3. The first-order chi connectivity index (χ1) is 14.4. The number of nitrogens with zero attached hydrogens (tertiary/aromatic N) is 3. The lowest BCUT2D eigenvalue weighted by atomic mass is 10.1. The monoisotopic (exact) mass is 445 g/mol. The van der Waals surface area contributed by atoms with Gasteiger partial charge in [-0.05, 0) is 50.6 Å². The summed E-state index contributed by atoms with van der Waals surface area (Å²) in [5, 5.41) is 1.35. The normalized spacial score (nSPS) is 12.2. The summed E-state index contributed by atoms with van der Waals surface area (Å²) in [6.07, 6.45) is 1.75. The van der Waals surface area contributed by atoms with Gasteiger partial charge in [-0.15, -0.1) is 0 Å². The molecule has 0 fully saturated rings. The van der Waals surface area contributed by atoms with Crippen molar-refractivity contribution in [2.45, 2.75) is 46.2 Å². The number of rotatable bonds is 7. The van der Waals surface area contributed by atoms with Crippen LogP contribution in [0.1, 0.15) is 55.8 Å². The van der Waals surface area contributed by atoms with Gasteiger partial charge in [-0.25, -0.2) is 4.98 Å². The molecule has 3 aromatic rings. The third-order valence-corrected chi connectivity index (χ3v) is 5.77. The molecule has 5 nitrogen and oxygen atoms in total. The van der Waals surface area contributed by atoms with Gasteiger partial charge in [-0.2, -0.15) is 0 Å². The van der Waals surface area contributed by atoms with Crippen molar-refractivity contribution in [3.8, 4) is 0 Å². The standard InChI is InChI=1S/C23H25Cl2N3O2/c1-4-6-13-28(22(29)17-12-11-16(24)14-19(17)25)15(3)21-26-20-10-8-7-9-18(20)23(30)27(21)5-2/h7-12,14-15H,4-6,13H2,1-3H3. The molecule has 1 aromatic heterocycles. The summed E-state index contributed by atoms with van der Waals surface area (Å²) in [5.41, 5.74) is 0.911. The Hall–Kier alpha value is -2.37. The van der Waals surface area contributed by atoms with E-state index in [4.69, 9.17) is 28.2 Å². The minimum Gasteiger partial charge on any atom is -0.329 e. The maximum absolute atomic E-state index is 13.4. The Kier molecular flexibility index (Phi) is 7.16. The molecule has 7 heteroatoms. The minimum atomic E-state index is -0.409. The first-order valence-electron chi connectivity index (χ1n) is 10.1. The van der Waals surface area contributed by atoms with Crippen molar-refractivity contribution in [1.29, 1.82) is 0 Å². The van der Waals surface area contributed by atoms with Crippen molar-refractivity contribution in [2.75, 3.05) is 6.54 Å². The average Bonchev–Trinajstić information content (AvgIpc) is 2.73. The molecule has 1 atom stereocenters. The molecule has 0 saturated heterocycles. The molecule has 1 unspecified atom stereocenters. The highest BCUT2D eigenvalue weighted by molar-refractivity contribution is 6.36. The fraction of sp³-hybridized carbons (Fsp3) is 0.348. The van der Waals surface area contributed by atoms with Crippen molar-refractivity contribution >= 4 is 40.0 Å². The van der Waals surface area contributed by atoms with Crippen LogP contribution in [0, 0.1) is 0 Å². The third kappa shape index (κ3) is 4.37. The number of carbonyl (C=O) groups excluding carboxylic acids is 1. The third-order valence-electron chi connectivity index (χ3n) is 5.22. The fourth-order valence-corrected chi connectivity index (χ4v) is 4.06. The number of halogens is 2. The lowest BCUT2D eigenvalue weighted by Gasteiger charge is -2.30. The maximum Gasteiger partial charge on any atom is 0.261 e. The van der Waals surface area contributed by atoms with Crippen LogP contribution in [0.15, 0.2) is 47.3 Å². The van der Waals surface area contributed by atoms with E-state index in [0.29, 0.717) is 45.4 Å². The molecule has 1 heterocycles. The van der Waals surface area contributed by atoms with Gasteiger partial charge in [0.1, 0.15) is 5.82 Å². The zero-order valence-corrected chi connectivity index (χ0v) is 18.9. The van der Waals surface area contributed by atoms with Crippen LogP contribution in [-0.4, -0.2) is 26.9 Å². The Morgan fingerprint density at radius 2 is 1.90 bits per heavy atom. The molecule has 158 valence electrons. The molecule has 3 rings (SSSR count). The molecule has 0 saturated carbocycles. The molecule has 0 aliphatic rings. The van der Waals surface area contributed by atoms with Gasteiger partial charge in [0.25, 0.3) is 11.5 Å². The molecule has 0 aliphatic heterocycles. The number of hydrogen-bond donors (Lipinski definition) is 0. The van der Waals surface area contributed by atoms with E-state index in [1.165, 1.54) is 0 Å². The lowest BCUT2D eigenvalue weighted by molar-refractivity contribution is 0.0676. The highest BCUT2D eigenvalue weighted by Gasteiger charge is 2.27. The number of para-hydroxylation sites is 1. The average molecular weight is 446 g/mol. The van der Waals surface area contributed by atoms with Crippen LogP contribution in [0.3, 0.4) is 0 Å². The largest absolute Gasteiger partial charge is 0.329 e. The number of amides is 1. The summed E-state index contributed by atoms with van der Waals surface area (Å²) in [4.78, 5) is 33.0.